The Balaban J connectivity index is 0.0000000733. The minimum absolute atomic E-state index is 1.00. The molecular weight excluding hydrogens is 66.0 g/mol. The van der Waals surface area contributed by atoms with E-state index in [4.69, 9.17) is 5.26 Å². The van der Waals surface area contributed by atoms with Crippen molar-refractivity contribution < 1.29 is 4.74 Å². The maximum Gasteiger partial charge on any atom is 0.0701 e. The van der Waals surface area contributed by atoms with Gasteiger partial charge in [-0.05, 0) is 0 Å². The van der Waals surface area contributed by atoms with Gasteiger partial charge in [0.15, 0.2) is 0 Å². The summed E-state index contributed by atoms with van der Waals surface area (Å²) in [6.07, 6.45) is 0. The van der Waals surface area contributed by atoms with E-state index in [-0.39, 0.29) is 0 Å². The zero-order valence-corrected chi connectivity index (χ0v) is 2.85. The van der Waals surface area contributed by atoms with Crippen LogP contribution in [0.3, 0.4) is 0 Å². The van der Waals surface area contributed by atoms with Crippen LogP contribution in [0, 0.1) is 11.8 Å². The minimum Gasteiger partial charge on any atom is -0.377 e. The highest BCUT2D eigenvalue weighted by Crippen LogP contribution is 1.84. The number of ether oxygens (including phenoxy) is 1. The smallest absolute Gasteiger partial charge is 0.0701 e. The molecule has 1 heterocycles. The van der Waals surface area contributed by atoms with Gasteiger partial charge in [-0.3, -0.25) is 0 Å². The molecule has 0 radical (unpaired) electrons. The predicted octanol–water partition coefficient (Wildman–Crippen LogP) is 0.156. The molecule has 0 unspecified atom stereocenters. The number of nitriles is 1. The highest BCUT2D eigenvalue weighted by atomic mass is 16.6. The maximum atomic E-state index is 6.50. The van der Waals surface area contributed by atoms with Crippen LogP contribution in [0.25, 0.3) is 0 Å². The third-order valence-electron chi connectivity index (χ3n) is 0.204. The van der Waals surface area contributed by atoms with Crippen LogP contribution in [0.2, 0.25) is 0 Å². The van der Waals surface area contributed by atoms with E-state index in [1.807, 2.05) is 0 Å². The number of epoxide rings is 1. The third-order valence-corrected chi connectivity index (χ3v) is 0.204. The van der Waals surface area contributed by atoms with Crippen molar-refractivity contribution in [1.29, 1.82) is 5.26 Å². The van der Waals surface area contributed by atoms with Crippen LogP contribution in [0.15, 0.2) is 0 Å². The van der Waals surface area contributed by atoms with Crippen LogP contribution >= 0.6 is 0 Å². The molecule has 1 aliphatic rings. The van der Waals surface area contributed by atoms with Gasteiger partial charge >= 0.3 is 0 Å². The number of rotatable bonds is 0. The van der Waals surface area contributed by atoms with Crippen molar-refractivity contribution in [2.45, 2.75) is 0 Å². The van der Waals surface area contributed by atoms with Crippen LogP contribution in [0.1, 0.15) is 0 Å². The standard InChI is InChI=1S/C2H4O.CHN/c1-2-3-1;1-2/h1-2H2;1H. The molecule has 2 nitrogen and oxygen atoms in total. The average molecular weight is 71.1 g/mol. The van der Waals surface area contributed by atoms with Crippen molar-refractivity contribution in [3.63, 3.8) is 0 Å². The van der Waals surface area contributed by atoms with Gasteiger partial charge in [0.1, 0.15) is 0 Å². The Bertz CT molecular complexity index is 28.4. The van der Waals surface area contributed by atoms with Gasteiger partial charge in [-0.2, -0.15) is 0 Å². The molecule has 5 heavy (non-hydrogen) atoms. The molecule has 0 aliphatic carbocycles. The molecule has 1 fully saturated rings. The fourth-order valence-corrected chi connectivity index (χ4v) is 0. The van der Waals surface area contributed by atoms with Crippen molar-refractivity contribution in [3.05, 3.63) is 0 Å². The van der Waals surface area contributed by atoms with Crippen molar-refractivity contribution in [2.24, 2.45) is 0 Å². The van der Waals surface area contributed by atoms with Crippen LogP contribution in [0.4, 0.5) is 0 Å². The van der Waals surface area contributed by atoms with E-state index in [0.717, 1.165) is 13.2 Å². The predicted molar refractivity (Wildman–Crippen MR) is 17.5 cm³/mol. The Morgan fingerprint density at radius 2 is 1.60 bits per heavy atom. The van der Waals surface area contributed by atoms with Gasteiger partial charge in [-0.25, -0.2) is 5.26 Å². The molecule has 0 bridgehead atoms. The Morgan fingerprint density at radius 3 is 1.60 bits per heavy atom. The molecule has 0 amide bonds. The summed E-state index contributed by atoms with van der Waals surface area (Å²) < 4.78 is 4.50. The van der Waals surface area contributed by atoms with Gasteiger partial charge in [0.2, 0.25) is 0 Å². The Kier molecular flexibility index (Phi) is 3.07. The normalized spacial score (nSPS) is 14.8. The molecule has 0 atom stereocenters. The summed E-state index contributed by atoms with van der Waals surface area (Å²) in [6.45, 7) is 5.50. The first-order valence-electron chi connectivity index (χ1n) is 1.34. The lowest BCUT2D eigenvalue weighted by atomic mass is 11.0. The monoisotopic (exact) mass is 71.0 g/mol. The minimum atomic E-state index is 1.00. The highest BCUT2D eigenvalue weighted by Gasteiger charge is 1.94. The molecule has 0 spiro atoms. The second-order valence-electron chi connectivity index (χ2n) is 0.612. The number of nitrogens with zero attached hydrogens (tertiary/aromatic N) is 1. The molecule has 0 aromatic rings. The Hall–Kier alpha value is -0.550. The topological polar surface area (TPSA) is 36.3 Å². The summed E-state index contributed by atoms with van der Waals surface area (Å²) in [4.78, 5) is 0. The van der Waals surface area contributed by atoms with Crippen LogP contribution in [-0.4, -0.2) is 13.2 Å². The molecule has 28 valence electrons. The van der Waals surface area contributed by atoms with Crippen LogP contribution in [0.5, 0.6) is 0 Å². The molecule has 0 aromatic heterocycles. The summed E-state index contributed by atoms with van der Waals surface area (Å²) in [5, 5.41) is 6.50. The van der Waals surface area contributed by atoms with Crippen LogP contribution in [-0.2, 0) is 4.74 Å². The van der Waals surface area contributed by atoms with E-state index >= 15 is 0 Å². The SMILES string of the molecule is C#N.C1CO1. The Labute approximate surface area is 31.0 Å². The molecule has 0 N–H and O–H groups in total. The van der Waals surface area contributed by atoms with E-state index < -0.39 is 0 Å². The number of hydrogen-bond acceptors (Lipinski definition) is 2. The Morgan fingerprint density at radius 1 is 1.40 bits per heavy atom. The van der Waals surface area contributed by atoms with E-state index in [2.05, 4.69) is 11.3 Å². The summed E-state index contributed by atoms with van der Waals surface area (Å²) in [6, 6.07) is 0. The zero-order valence-electron chi connectivity index (χ0n) is 2.85. The first-order chi connectivity index (χ1) is 2.50. The van der Waals surface area contributed by atoms with Crippen molar-refractivity contribution >= 4 is 0 Å². The second-order valence-corrected chi connectivity index (χ2v) is 0.612. The lowest BCUT2D eigenvalue weighted by Crippen LogP contribution is -1.20. The molecular formula is C3H5NO. The van der Waals surface area contributed by atoms with E-state index in [9.17, 15) is 0 Å². The molecule has 1 saturated heterocycles. The largest absolute Gasteiger partial charge is 0.377 e. The fourth-order valence-electron chi connectivity index (χ4n) is 0. The van der Waals surface area contributed by atoms with Gasteiger partial charge in [-0.15, -0.1) is 0 Å². The second kappa shape index (κ2) is 3.45. The molecule has 2 heteroatoms. The van der Waals surface area contributed by atoms with Crippen molar-refractivity contribution in [2.75, 3.05) is 13.2 Å². The lowest BCUT2D eigenvalue weighted by Gasteiger charge is -1.24. The summed E-state index contributed by atoms with van der Waals surface area (Å²) >= 11 is 0. The zero-order chi connectivity index (χ0) is 4.12. The van der Waals surface area contributed by atoms with Crippen molar-refractivity contribution in [1.82, 2.24) is 0 Å². The van der Waals surface area contributed by atoms with Crippen LogP contribution < -0.4 is 0 Å². The fraction of sp³-hybridized carbons (Fsp3) is 0.667. The van der Waals surface area contributed by atoms with E-state index in [1.54, 1.807) is 0 Å². The van der Waals surface area contributed by atoms with Gasteiger partial charge in [0, 0.05) is 6.57 Å². The van der Waals surface area contributed by atoms with E-state index in [0.29, 0.717) is 0 Å². The van der Waals surface area contributed by atoms with Crippen molar-refractivity contribution in [3.8, 4) is 6.57 Å². The lowest BCUT2D eigenvalue weighted by molar-refractivity contribution is 0.475. The highest BCUT2D eigenvalue weighted by molar-refractivity contribution is 4.36. The number of hydrogen-bond donors (Lipinski definition) is 0. The molecule has 0 aromatic carbocycles. The van der Waals surface area contributed by atoms with Gasteiger partial charge in [0.25, 0.3) is 0 Å². The molecule has 1 aliphatic heterocycles. The summed E-state index contributed by atoms with van der Waals surface area (Å²) in [5.74, 6) is 0. The maximum absolute atomic E-state index is 6.50. The molecule has 1 rings (SSSR count). The summed E-state index contributed by atoms with van der Waals surface area (Å²) in [7, 11) is 0. The van der Waals surface area contributed by atoms with Gasteiger partial charge in [-0.1, -0.05) is 0 Å². The van der Waals surface area contributed by atoms with Gasteiger partial charge in [0.05, 0.1) is 13.2 Å². The first-order valence-corrected chi connectivity index (χ1v) is 1.34. The van der Waals surface area contributed by atoms with Gasteiger partial charge < -0.3 is 4.74 Å². The average Bonchev–Trinajstić information content (AvgIpc) is 2.19. The quantitative estimate of drug-likeness (QED) is 0.381. The summed E-state index contributed by atoms with van der Waals surface area (Å²) in [5.41, 5.74) is 0. The first kappa shape index (κ1) is 4.45. The molecule has 0 saturated carbocycles. The van der Waals surface area contributed by atoms with E-state index in [1.165, 1.54) is 0 Å². The third kappa shape index (κ3) is 35.8.